The molecule has 0 radical (unpaired) electrons. The zero-order valence-electron chi connectivity index (χ0n) is 16.8. The summed E-state index contributed by atoms with van der Waals surface area (Å²) in [6, 6.07) is 6.54. The Morgan fingerprint density at radius 2 is 1.81 bits per heavy atom. The Labute approximate surface area is 203 Å². The molecule has 2 aliphatic heterocycles. The highest BCUT2D eigenvalue weighted by atomic mass is 35.5. The molecule has 2 aliphatic rings. The van der Waals surface area contributed by atoms with E-state index in [1.807, 2.05) is 4.90 Å². The second kappa shape index (κ2) is 9.14. The molecule has 2 fully saturated rings. The molecule has 0 aliphatic carbocycles. The number of nitrogens with zero attached hydrogens (tertiary/aromatic N) is 4. The fourth-order valence-electron chi connectivity index (χ4n) is 3.35. The van der Waals surface area contributed by atoms with Crippen LogP contribution in [-0.2, 0) is 14.4 Å². The van der Waals surface area contributed by atoms with E-state index >= 15 is 0 Å². The molecule has 0 bridgehead atoms. The van der Waals surface area contributed by atoms with Crippen LogP contribution in [0.5, 0.6) is 0 Å². The van der Waals surface area contributed by atoms with Gasteiger partial charge in [-0.1, -0.05) is 34.5 Å². The number of halogens is 2. The van der Waals surface area contributed by atoms with Crippen LogP contribution in [0.2, 0.25) is 10.2 Å². The van der Waals surface area contributed by atoms with E-state index < -0.39 is 11.8 Å². The van der Waals surface area contributed by atoms with Crippen LogP contribution in [0.25, 0.3) is 6.08 Å². The van der Waals surface area contributed by atoms with Crippen molar-refractivity contribution in [2.24, 2.45) is 0 Å². The number of carbonyl (C=O) groups is 3. The fraction of sp³-hybridized carbons (Fsp3) is 0.250. The largest absolute Gasteiger partial charge is 0.344 e. The van der Waals surface area contributed by atoms with Crippen molar-refractivity contribution in [1.82, 2.24) is 15.2 Å². The number of thiazole rings is 1. The summed E-state index contributed by atoms with van der Waals surface area (Å²) >= 11 is 18.7. The molecule has 3 amide bonds. The maximum Gasteiger partial charge on any atom is 0.270 e. The van der Waals surface area contributed by atoms with Crippen molar-refractivity contribution >= 4 is 86.5 Å². The SMILES string of the molecule is CC(=O)N1CCN(c2nc(Cl)c(/C=C3\C(=O)NC(=S)N(c4ccc(Cl)cc4)C3=O)s2)CC1. The number of hydrogen-bond donors (Lipinski definition) is 1. The Morgan fingerprint density at radius 3 is 2.44 bits per heavy atom. The number of piperazine rings is 1. The molecule has 0 saturated carbocycles. The molecule has 2 aromatic rings. The van der Waals surface area contributed by atoms with Crippen LogP contribution in [0.4, 0.5) is 10.8 Å². The number of carbonyl (C=O) groups excluding carboxylic acids is 3. The van der Waals surface area contributed by atoms with Gasteiger partial charge in [0.05, 0.1) is 10.6 Å². The first-order chi connectivity index (χ1) is 15.2. The van der Waals surface area contributed by atoms with Crippen LogP contribution in [0.15, 0.2) is 29.8 Å². The van der Waals surface area contributed by atoms with Gasteiger partial charge in [-0.2, -0.15) is 0 Å². The lowest BCUT2D eigenvalue weighted by atomic mass is 10.1. The predicted molar refractivity (Wildman–Crippen MR) is 129 cm³/mol. The number of benzene rings is 1. The Bertz CT molecular complexity index is 1140. The first-order valence-electron chi connectivity index (χ1n) is 9.58. The van der Waals surface area contributed by atoms with Crippen molar-refractivity contribution in [1.29, 1.82) is 0 Å². The molecule has 0 spiro atoms. The summed E-state index contributed by atoms with van der Waals surface area (Å²) in [6.07, 6.45) is 1.43. The van der Waals surface area contributed by atoms with Gasteiger partial charge in [0.15, 0.2) is 10.2 Å². The number of anilines is 2. The van der Waals surface area contributed by atoms with Gasteiger partial charge in [0, 0.05) is 38.1 Å². The van der Waals surface area contributed by atoms with Crippen LogP contribution < -0.4 is 15.1 Å². The van der Waals surface area contributed by atoms with Gasteiger partial charge in [0.25, 0.3) is 11.8 Å². The van der Waals surface area contributed by atoms with E-state index in [-0.39, 0.29) is 21.7 Å². The second-order valence-corrected chi connectivity index (χ2v) is 9.27. The molecule has 0 unspecified atom stereocenters. The Hall–Kier alpha value is -2.53. The zero-order valence-corrected chi connectivity index (χ0v) is 19.9. The number of nitrogens with one attached hydrogen (secondary N) is 1. The quantitative estimate of drug-likeness (QED) is 0.388. The van der Waals surface area contributed by atoms with E-state index in [2.05, 4.69) is 10.3 Å². The molecule has 0 atom stereocenters. The van der Waals surface area contributed by atoms with Crippen LogP contribution in [-0.4, -0.2) is 58.9 Å². The standard InChI is InChI=1S/C20H17Cl2N5O3S2/c1-11(28)25-6-8-26(9-7-25)20-23-16(22)15(32-20)10-14-17(29)24-19(31)27(18(14)30)13-4-2-12(21)3-5-13/h2-5,10H,6-9H2,1H3,(H,24,29,31)/b14-10+. The molecule has 3 heterocycles. The molecule has 166 valence electrons. The monoisotopic (exact) mass is 509 g/mol. The molecule has 2 saturated heterocycles. The highest BCUT2D eigenvalue weighted by Crippen LogP contribution is 2.33. The lowest BCUT2D eigenvalue weighted by Crippen LogP contribution is -2.54. The highest BCUT2D eigenvalue weighted by molar-refractivity contribution is 7.80. The van der Waals surface area contributed by atoms with E-state index in [1.165, 1.54) is 22.3 Å². The molecule has 1 N–H and O–H groups in total. The summed E-state index contributed by atoms with van der Waals surface area (Å²) in [5.41, 5.74) is 0.377. The summed E-state index contributed by atoms with van der Waals surface area (Å²) in [4.78, 5) is 47.1. The van der Waals surface area contributed by atoms with Crippen molar-refractivity contribution in [3.8, 4) is 0 Å². The molecule has 4 rings (SSSR count). The second-order valence-electron chi connectivity index (χ2n) is 7.08. The minimum absolute atomic E-state index is 0.0149. The van der Waals surface area contributed by atoms with Crippen LogP contribution in [0.1, 0.15) is 11.8 Å². The number of hydrogen-bond acceptors (Lipinski definition) is 7. The summed E-state index contributed by atoms with van der Waals surface area (Å²) < 4.78 is 0. The van der Waals surface area contributed by atoms with Crippen LogP contribution in [0, 0.1) is 0 Å². The lowest BCUT2D eigenvalue weighted by molar-refractivity contribution is -0.129. The van der Waals surface area contributed by atoms with Gasteiger partial charge < -0.3 is 9.80 Å². The molecule has 1 aromatic carbocycles. The minimum Gasteiger partial charge on any atom is -0.344 e. The van der Waals surface area contributed by atoms with Gasteiger partial charge in [-0.25, -0.2) is 4.98 Å². The molecule has 32 heavy (non-hydrogen) atoms. The molecule has 12 heteroatoms. The first-order valence-corrected chi connectivity index (χ1v) is 11.6. The number of thiocarbonyl (C=S) groups is 1. The third kappa shape index (κ3) is 4.49. The molecular formula is C20H17Cl2N5O3S2. The van der Waals surface area contributed by atoms with Gasteiger partial charge in [-0.05, 0) is 42.6 Å². The van der Waals surface area contributed by atoms with E-state index in [9.17, 15) is 14.4 Å². The minimum atomic E-state index is -0.605. The van der Waals surface area contributed by atoms with Crippen molar-refractivity contribution in [3.63, 3.8) is 0 Å². The van der Waals surface area contributed by atoms with E-state index in [0.29, 0.717) is 46.9 Å². The third-order valence-electron chi connectivity index (χ3n) is 5.06. The molecular weight excluding hydrogens is 493 g/mol. The Kier molecular flexibility index (Phi) is 6.47. The Morgan fingerprint density at radius 1 is 1.16 bits per heavy atom. The van der Waals surface area contributed by atoms with Crippen molar-refractivity contribution in [2.45, 2.75) is 6.92 Å². The third-order valence-corrected chi connectivity index (χ3v) is 7.06. The summed E-state index contributed by atoms with van der Waals surface area (Å²) in [5.74, 6) is -1.13. The average Bonchev–Trinajstić information content (AvgIpc) is 3.12. The zero-order chi connectivity index (χ0) is 23.0. The maximum atomic E-state index is 13.1. The van der Waals surface area contributed by atoms with Gasteiger partial charge in [-0.3, -0.25) is 24.6 Å². The van der Waals surface area contributed by atoms with E-state index in [4.69, 9.17) is 35.4 Å². The van der Waals surface area contributed by atoms with E-state index in [0.717, 1.165) is 0 Å². The number of amides is 3. The highest BCUT2D eigenvalue weighted by Gasteiger charge is 2.35. The summed E-state index contributed by atoms with van der Waals surface area (Å²) in [7, 11) is 0. The Balaban J connectivity index is 1.59. The van der Waals surface area contributed by atoms with Crippen LogP contribution >= 0.6 is 46.8 Å². The summed E-state index contributed by atoms with van der Waals surface area (Å²) in [5, 5.41) is 3.89. The smallest absolute Gasteiger partial charge is 0.270 e. The average molecular weight is 510 g/mol. The topological polar surface area (TPSA) is 85.8 Å². The summed E-state index contributed by atoms with van der Waals surface area (Å²) in [6.45, 7) is 3.98. The number of rotatable bonds is 3. The van der Waals surface area contributed by atoms with Crippen molar-refractivity contribution < 1.29 is 14.4 Å². The maximum absolute atomic E-state index is 13.1. The van der Waals surface area contributed by atoms with E-state index in [1.54, 1.807) is 36.1 Å². The van der Waals surface area contributed by atoms with Crippen LogP contribution in [0.3, 0.4) is 0 Å². The van der Waals surface area contributed by atoms with Gasteiger partial charge in [0.2, 0.25) is 5.91 Å². The number of aromatic nitrogens is 1. The molecule has 1 aromatic heterocycles. The first kappa shape index (κ1) is 22.7. The fourth-order valence-corrected chi connectivity index (χ4v) is 5.01. The predicted octanol–water partition coefficient (Wildman–Crippen LogP) is 2.95. The normalized spacial score (nSPS) is 18.4. The molecule has 8 nitrogen and oxygen atoms in total. The van der Waals surface area contributed by atoms with Crippen molar-refractivity contribution in [3.05, 3.63) is 44.9 Å². The van der Waals surface area contributed by atoms with Gasteiger partial charge in [0.1, 0.15) is 10.7 Å². The van der Waals surface area contributed by atoms with Gasteiger partial charge >= 0.3 is 0 Å². The van der Waals surface area contributed by atoms with Gasteiger partial charge in [-0.15, -0.1) is 0 Å². The lowest BCUT2D eigenvalue weighted by Gasteiger charge is -2.33. The van der Waals surface area contributed by atoms with Crippen molar-refractivity contribution in [2.75, 3.05) is 36.0 Å².